The lowest BCUT2D eigenvalue weighted by molar-refractivity contribution is -0.293. The maximum absolute atomic E-state index is 13.6. The molecule has 0 saturated carbocycles. The van der Waals surface area contributed by atoms with Crippen LogP contribution in [-0.4, -0.2) is 71.2 Å². The number of nitrogens with one attached hydrogen (secondary N) is 1. The molecule has 1 aromatic carbocycles. The van der Waals surface area contributed by atoms with Gasteiger partial charge in [-0.1, -0.05) is 6.07 Å². The number of rotatable bonds is 7. The Morgan fingerprint density at radius 3 is 1.84 bits per heavy atom. The highest BCUT2D eigenvalue weighted by atomic mass is 16.7. The van der Waals surface area contributed by atoms with E-state index >= 15 is 0 Å². The van der Waals surface area contributed by atoms with Gasteiger partial charge in [-0.3, -0.25) is 19.2 Å². The van der Waals surface area contributed by atoms with Crippen LogP contribution in [0.3, 0.4) is 0 Å². The Kier molecular flexibility index (Phi) is 8.66. The number of aromatic amines is 1. The molecule has 1 aliphatic rings. The molecular formula is C33H48N2O10. The monoisotopic (exact) mass is 636 g/mol. The Balaban J connectivity index is 2.22. The van der Waals surface area contributed by atoms with Crippen LogP contribution in [0, 0.1) is 21.7 Å². The van der Waals surface area contributed by atoms with Crippen LogP contribution in [0.5, 0.6) is 5.75 Å². The third kappa shape index (κ3) is 8.96. The Morgan fingerprint density at radius 2 is 1.29 bits per heavy atom. The van der Waals surface area contributed by atoms with E-state index in [0.29, 0.717) is 11.0 Å². The lowest BCUT2D eigenvalue weighted by Crippen LogP contribution is -2.64. The van der Waals surface area contributed by atoms with E-state index in [9.17, 15) is 19.2 Å². The highest BCUT2D eigenvalue weighted by molar-refractivity contribution is 5.81. The first-order chi connectivity index (χ1) is 22.7. The normalized spacial score (nSPS) is 24.0. The molecule has 0 radical (unpaired) electrons. The summed E-state index contributed by atoms with van der Waals surface area (Å²) in [5.74, 6) is -3.22. The minimum atomic E-state index is -1.65. The summed E-state index contributed by atoms with van der Waals surface area (Å²) in [5.41, 5.74) is -4.26. The molecule has 1 unspecified atom stereocenters. The van der Waals surface area contributed by atoms with E-state index < -0.39 is 82.8 Å². The number of aromatic nitrogens is 2. The number of benzene rings is 1. The van der Waals surface area contributed by atoms with E-state index in [1.807, 2.05) is 0 Å². The molecule has 1 N–H and O–H groups in total. The summed E-state index contributed by atoms with van der Waals surface area (Å²) >= 11 is 0. The molecule has 0 spiro atoms. The van der Waals surface area contributed by atoms with Gasteiger partial charge in [-0.25, -0.2) is 4.98 Å². The maximum atomic E-state index is 13.6. The highest BCUT2D eigenvalue weighted by Gasteiger charge is 2.55. The van der Waals surface area contributed by atoms with Crippen LogP contribution in [0.25, 0.3) is 11.0 Å². The second-order valence-corrected chi connectivity index (χ2v) is 14.0. The van der Waals surface area contributed by atoms with Crippen molar-refractivity contribution in [1.82, 2.24) is 9.97 Å². The average molecular weight is 637 g/mol. The molecule has 1 saturated heterocycles. The quantitative estimate of drug-likeness (QED) is 0.318. The number of carbonyl (C=O) groups excluding carboxylic acids is 4. The summed E-state index contributed by atoms with van der Waals surface area (Å²) in [6.07, 6.45) is -6.41. The van der Waals surface area contributed by atoms with Gasteiger partial charge in [0.05, 0.1) is 33.5 Å². The molecule has 3 rings (SSSR count). The number of imidazole rings is 1. The largest absolute Gasteiger partial charge is 0.462 e. The van der Waals surface area contributed by atoms with Crippen molar-refractivity contribution in [3.05, 3.63) is 24.5 Å². The fraction of sp³-hybridized carbons (Fsp3) is 0.667. The van der Waals surface area contributed by atoms with E-state index in [-0.39, 0.29) is 33.3 Å². The predicted molar refractivity (Wildman–Crippen MR) is 164 cm³/mol. The third-order valence-electron chi connectivity index (χ3n) is 6.57. The topological polar surface area (TPSA) is 152 Å². The molecular weight excluding hydrogens is 584 g/mol. The minimum absolute atomic E-state index is 0.179. The number of ether oxygens (including phenoxy) is 6. The zero-order chi connectivity index (χ0) is 36.9. The van der Waals surface area contributed by atoms with E-state index in [1.54, 1.807) is 18.2 Å². The summed E-state index contributed by atoms with van der Waals surface area (Å²) in [4.78, 5) is 60.8. The van der Waals surface area contributed by atoms with Crippen molar-refractivity contribution >= 4 is 34.9 Å². The SMILES string of the molecule is [2H]CC(C)(C)C(=O)OC[C@H]1OC(Oc2cccc3[nH]cnc23)[C@H](OC(=O)C(C)(C)C[2H])[C@@H](OC(=O)C(C)(C)C[2H])[C@@H]1OC(=O)C(C)(C)C[2H]. The smallest absolute Gasteiger partial charge is 0.311 e. The number of hydrogen-bond donors (Lipinski definition) is 1. The van der Waals surface area contributed by atoms with Gasteiger partial charge in [-0.2, -0.15) is 0 Å². The molecule has 0 aliphatic carbocycles. The zero-order valence-electron chi connectivity index (χ0n) is 31.3. The first-order valence-electron chi connectivity index (χ1n) is 17.3. The maximum Gasteiger partial charge on any atom is 0.311 e. The molecule has 0 bridgehead atoms. The Bertz CT molecular complexity index is 1490. The average Bonchev–Trinajstić information content (AvgIpc) is 3.55. The molecule has 0 amide bonds. The molecule has 1 aliphatic heterocycles. The number of carbonyl (C=O) groups is 4. The number of H-pyrrole nitrogens is 1. The summed E-state index contributed by atoms with van der Waals surface area (Å²) in [6.45, 7) is 9.94. The van der Waals surface area contributed by atoms with E-state index in [1.165, 1.54) is 61.7 Å². The van der Waals surface area contributed by atoms with Gasteiger partial charge in [0.1, 0.15) is 18.2 Å². The number of esters is 4. The number of hydrogen-bond acceptors (Lipinski definition) is 11. The van der Waals surface area contributed by atoms with Crippen molar-refractivity contribution in [2.45, 2.75) is 114 Å². The Morgan fingerprint density at radius 1 is 0.778 bits per heavy atom. The molecule has 250 valence electrons. The van der Waals surface area contributed by atoms with Crippen LogP contribution in [0.15, 0.2) is 24.5 Å². The first kappa shape index (κ1) is 30.0. The molecule has 1 fully saturated rings. The Labute approximate surface area is 270 Å². The summed E-state index contributed by atoms with van der Waals surface area (Å²) in [6, 6.07) is 5.00. The van der Waals surface area contributed by atoms with Crippen LogP contribution in [0.2, 0.25) is 0 Å². The van der Waals surface area contributed by atoms with Gasteiger partial charge >= 0.3 is 23.9 Å². The predicted octanol–water partition coefficient (Wildman–Crippen LogP) is 5.13. The van der Waals surface area contributed by atoms with Crippen molar-refractivity contribution in [2.24, 2.45) is 21.7 Å². The van der Waals surface area contributed by atoms with Gasteiger partial charge in [-0.05, 0) is 95.1 Å². The van der Waals surface area contributed by atoms with E-state index in [4.69, 9.17) is 33.9 Å². The van der Waals surface area contributed by atoms with Gasteiger partial charge < -0.3 is 33.4 Å². The van der Waals surface area contributed by atoms with Crippen molar-refractivity contribution in [3.63, 3.8) is 0 Å². The molecule has 12 heteroatoms. The first-order valence-corrected chi connectivity index (χ1v) is 14.5. The molecule has 12 nitrogen and oxygen atoms in total. The lowest BCUT2D eigenvalue weighted by atomic mass is 9.93. The Hall–Kier alpha value is -3.67. The fourth-order valence-electron chi connectivity index (χ4n) is 3.87. The molecule has 1 aromatic heterocycles. The summed E-state index contributed by atoms with van der Waals surface area (Å²) in [7, 11) is 0. The zero-order valence-corrected chi connectivity index (χ0v) is 27.3. The second-order valence-electron chi connectivity index (χ2n) is 14.0. The van der Waals surface area contributed by atoms with Crippen LogP contribution in [0.4, 0.5) is 0 Å². The van der Waals surface area contributed by atoms with Gasteiger partial charge in [0.2, 0.25) is 12.4 Å². The van der Waals surface area contributed by atoms with Gasteiger partial charge in [-0.15, -0.1) is 0 Å². The number of nitrogens with zero attached hydrogens (tertiary/aromatic N) is 1. The molecule has 45 heavy (non-hydrogen) atoms. The van der Waals surface area contributed by atoms with E-state index in [2.05, 4.69) is 9.97 Å². The van der Waals surface area contributed by atoms with Gasteiger partial charge in [0, 0.05) is 5.48 Å². The third-order valence-corrected chi connectivity index (χ3v) is 6.57. The lowest BCUT2D eigenvalue weighted by Gasteiger charge is -2.45. The molecule has 5 atom stereocenters. The summed E-state index contributed by atoms with van der Waals surface area (Å²) in [5, 5.41) is 0. The second kappa shape index (κ2) is 13.0. The minimum Gasteiger partial charge on any atom is -0.462 e. The standard InChI is InChI=1S/C33H48N2O10/c1-30(2,3)26(36)40-16-20-22(43-27(37)31(4,5)6)23(44-28(38)32(7,8)9)24(45-29(39)33(10,11)12)25(42-20)41-19-15-13-14-18-21(19)35-17-34-18/h13-15,17,20,22-25H,16H2,1-12H3,(H,34,35)/t20-,22-,23+,24-,25?/m1/s1/i1D,4D,7D,10D. The van der Waals surface area contributed by atoms with E-state index in [0.717, 1.165) is 0 Å². The van der Waals surface area contributed by atoms with Crippen molar-refractivity contribution in [2.75, 3.05) is 6.61 Å². The van der Waals surface area contributed by atoms with Crippen molar-refractivity contribution < 1.29 is 53.1 Å². The van der Waals surface area contributed by atoms with Crippen LogP contribution >= 0.6 is 0 Å². The van der Waals surface area contributed by atoms with Gasteiger partial charge in [0.25, 0.3) is 0 Å². The highest BCUT2D eigenvalue weighted by Crippen LogP contribution is 2.36. The van der Waals surface area contributed by atoms with Crippen molar-refractivity contribution in [1.29, 1.82) is 0 Å². The van der Waals surface area contributed by atoms with Crippen LogP contribution in [-0.2, 0) is 42.9 Å². The van der Waals surface area contributed by atoms with Gasteiger partial charge in [0.15, 0.2) is 18.0 Å². The fourth-order valence-corrected chi connectivity index (χ4v) is 3.87. The van der Waals surface area contributed by atoms with Crippen LogP contribution in [0.1, 0.15) is 88.5 Å². The number of fused-ring (bicyclic) bond motifs is 1. The molecule has 2 heterocycles. The van der Waals surface area contributed by atoms with Crippen LogP contribution < -0.4 is 4.74 Å². The summed E-state index contributed by atoms with van der Waals surface area (Å²) < 4.78 is 67.4. The number of para-hydroxylation sites is 1. The molecule has 2 aromatic rings. The van der Waals surface area contributed by atoms with Crippen molar-refractivity contribution in [3.8, 4) is 5.75 Å².